The van der Waals surface area contributed by atoms with E-state index in [2.05, 4.69) is 10.6 Å². The molecule has 2 amide bonds. The Morgan fingerprint density at radius 2 is 1.50 bits per heavy atom. The number of rotatable bonds is 5. The van der Waals surface area contributed by atoms with Gasteiger partial charge in [0.25, 0.3) is 0 Å². The summed E-state index contributed by atoms with van der Waals surface area (Å²) in [5.41, 5.74) is 3.42. The number of aryl methyl sites for hydroxylation is 2. The Kier molecular flexibility index (Phi) is 6.07. The first-order chi connectivity index (χ1) is 11.5. The van der Waals surface area contributed by atoms with E-state index in [1.54, 1.807) is 12.1 Å². The monoisotopic (exact) mass is 328 g/mol. The number of anilines is 1. The molecule has 126 valence electrons. The molecule has 0 saturated carbocycles. The fraction of sp³-hybridized carbons (Fsp3) is 0.263. The molecule has 0 radical (unpaired) electrons. The lowest BCUT2D eigenvalue weighted by Gasteiger charge is -2.14. The van der Waals surface area contributed by atoms with Crippen LogP contribution in [0.1, 0.15) is 30.5 Å². The third kappa shape index (κ3) is 4.41. The molecule has 0 bridgehead atoms. The number of halogens is 1. The molecule has 0 aromatic heterocycles. The summed E-state index contributed by atoms with van der Waals surface area (Å²) in [7, 11) is 0. The summed E-state index contributed by atoms with van der Waals surface area (Å²) < 4.78 is 12.8. The quantitative estimate of drug-likeness (QED) is 0.828. The van der Waals surface area contributed by atoms with E-state index in [0.717, 1.165) is 29.5 Å². The Hall–Kier alpha value is -2.69. The van der Waals surface area contributed by atoms with Crippen LogP contribution in [0.3, 0.4) is 0 Å². The first-order valence-electron chi connectivity index (χ1n) is 7.99. The van der Waals surface area contributed by atoms with Crippen molar-refractivity contribution in [1.29, 1.82) is 0 Å². The van der Waals surface area contributed by atoms with E-state index in [1.807, 2.05) is 32.0 Å². The highest BCUT2D eigenvalue weighted by Crippen LogP contribution is 2.22. The Balaban J connectivity index is 2.01. The Bertz CT molecular complexity index is 704. The lowest BCUT2D eigenvalue weighted by molar-refractivity contribution is -0.136. The first kappa shape index (κ1) is 17.7. The second-order valence-electron chi connectivity index (χ2n) is 5.42. The van der Waals surface area contributed by atoms with Gasteiger partial charge in [-0.05, 0) is 41.7 Å². The molecule has 2 N–H and O–H groups in total. The van der Waals surface area contributed by atoms with Crippen molar-refractivity contribution in [1.82, 2.24) is 5.32 Å². The number of amides is 2. The molecule has 2 aromatic rings. The van der Waals surface area contributed by atoms with E-state index in [4.69, 9.17) is 0 Å². The normalized spacial score (nSPS) is 10.3. The molecule has 0 aliphatic carbocycles. The fourth-order valence-electron chi connectivity index (χ4n) is 2.44. The predicted octanol–water partition coefficient (Wildman–Crippen LogP) is 3.21. The van der Waals surface area contributed by atoms with Gasteiger partial charge in [-0.3, -0.25) is 9.59 Å². The molecule has 0 spiro atoms. The number of carbonyl (C=O) groups excluding carboxylic acids is 2. The predicted molar refractivity (Wildman–Crippen MR) is 92.1 cm³/mol. The van der Waals surface area contributed by atoms with Crippen LogP contribution in [-0.4, -0.2) is 11.8 Å². The van der Waals surface area contributed by atoms with Crippen LogP contribution in [0.4, 0.5) is 10.1 Å². The molecule has 0 aliphatic rings. The van der Waals surface area contributed by atoms with Gasteiger partial charge >= 0.3 is 11.8 Å². The van der Waals surface area contributed by atoms with Gasteiger partial charge in [-0.25, -0.2) is 4.39 Å². The molecule has 5 heteroatoms. The van der Waals surface area contributed by atoms with Crippen LogP contribution in [-0.2, 0) is 29.0 Å². The smallest absolute Gasteiger partial charge is 0.313 e. The van der Waals surface area contributed by atoms with Crippen LogP contribution in [0.25, 0.3) is 0 Å². The Morgan fingerprint density at radius 3 is 2.04 bits per heavy atom. The standard InChI is InChI=1S/C19H21FN2O2/c1-3-14-6-5-7-15(4-2)17(14)22-19(24)18(23)21-12-13-8-10-16(20)11-9-13/h5-11H,3-4,12H2,1-2H3,(H,21,23)(H,22,24). The molecule has 24 heavy (non-hydrogen) atoms. The van der Waals surface area contributed by atoms with Gasteiger partial charge in [-0.1, -0.05) is 44.2 Å². The minimum atomic E-state index is -0.715. The van der Waals surface area contributed by atoms with Gasteiger partial charge in [-0.2, -0.15) is 0 Å². The summed E-state index contributed by atoms with van der Waals surface area (Å²) in [5.74, 6) is -1.76. The summed E-state index contributed by atoms with van der Waals surface area (Å²) in [4.78, 5) is 24.1. The summed E-state index contributed by atoms with van der Waals surface area (Å²) in [6.07, 6.45) is 1.53. The first-order valence-corrected chi connectivity index (χ1v) is 7.99. The van der Waals surface area contributed by atoms with Crippen molar-refractivity contribution in [3.63, 3.8) is 0 Å². The summed E-state index contributed by atoms with van der Waals surface area (Å²) in [6, 6.07) is 11.6. The zero-order chi connectivity index (χ0) is 17.5. The molecule has 0 heterocycles. The van der Waals surface area contributed by atoms with E-state index >= 15 is 0 Å². The van der Waals surface area contributed by atoms with Crippen molar-refractivity contribution in [3.8, 4) is 0 Å². The number of para-hydroxylation sites is 1. The summed E-state index contributed by atoms with van der Waals surface area (Å²) in [5, 5.41) is 5.26. The lowest BCUT2D eigenvalue weighted by atomic mass is 10.0. The number of carbonyl (C=O) groups is 2. The van der Waals surface area contributed by atoms with Gasteiger partial charge in [0.05, 0.1) is 0 Å². The van der Waals surface area contributed by atoms with Gasteiger partial charge in [0, 0.05) is 12.2 Å². The second kappa shape index (κ2) is 8.24. The SMILES string of the molecule is CCc1cccc(CC)c1NC(=O)C(=O)NCc1ccc(F)cc1. The van der Waals surface area contributed by atoms with Gasteiger partial charge in [-0.15, -0.1) is 0 Å². The average Bonchev–Trinajstić information content (AvgIpc) is 2.61. The zero-order valence-electron chi connectivity index (χ0n) is 13.9. The Labute approximate surface area is 141 Å². The van der Waals surface area contributed by atoms with Crippen molar-refractivity contribution in [2.75, 3.05) is 5.32 Å². The highest BCUT2D eigenvalue weighted by atomic mass is 19.1. The average molecular weight is 328 g/mol. The maximum atomic E-state index is 12.8. The van der Waals surface area contributed by atoms with Crippen molar-refractivity contribution in [3.05, 3.63) is 65.0 Å². The largest absolute Gasteiger partial charge is 0.344 e. The molecular weight excluding hydrogens is 307 g/mol. The van der Waals surface area contributed by atoms with Crippen molar-refractivity contribution < 1.29 is 14.0 Å². The maximum absolute atomic E-state index is 12.8. The highest BCUT2D eigenvalue weighted by Gasteiger charge is 2.16. The van der Waals surface area contributed by atoms with Gasteiger partial charge in [0.15, 0.2) is 0 Å². The van der Waals surface area contributed by atoms with Gasteiger partial charge < -0.3 is 10.6 Å². The minimum absolute atomic E-state index is 0.169. The topological polar surface area (TPSA) is 58.2 Å². The van der Waals surface area contributed by atoms with Crippen LogP contribution >= 0.6 is 0 Å². The molecule has 0 aliphatic heterocycles. The number of hydrogen-bond acceptors (Lipinski definition) is 2. The van der Waals surface area contributed by atoms with E-state index in [0.29, 0.717) is 5.69 Å². The molecule has 0 unspecified atom stereocenters. The summed E-state index contributed by atoms with van der Waals surface area (Å²) in [6.45, 7) is 4.17. The van der Waals surface area contributed by atoms with E-state index in [-0.39, 0.29) is 12.4 Å². The number of hydrogen-bond donors (Lipinski definition) is 2. The van der Waals surface area contributed by atoms with Crippen LogP contribution in [0.2, 0.25) is 0 Å². The molecular formula is C19H21FN2O2. The van der Waals surface area contributed by atoms with Crippen LogP contribution in [0.15, 0.2) is 42.5 Å². The second-order valence-corrected chi connectivity index (χ2v) is 5.42. The van der Waals surface area contributed by atoms with Crippen molar-refractivity contribution in [2.24, 2.45) is 0 Å². The molecule has 0 saturated heterocycles. The number of nitrogens with one attached hydrogen (secondary N) is 2. The van der Waals surface area contributed by atoms with Crippen LogP contribution in [0, 0.1) is 5.82 Å². The number of benzene rings is 2. The van der Waals surface area contributed by atoms with Crippen LogP contribution < -0.4 is 10.6 Å². The highest BCUT2D eigenvalue weighted by molar-refractivity contribution is 6.39. The molecule has 0 fully saturated rings. The molecule has 2 aromatic carbocycles. The lowest BCUT2D eigenvalue weighted by Crippen LogP contribution is -2.35. The van der Waals surface area contributed by atoms with Gasteiger partial charge in [0.2, 0.25) is 0 Å². The zero-order valence-corrected chi connectivity index (χ0v) is 13.9. The molecule has 4 nitrogen and oxygen atoms in total. The van der Waals surface area contributed by atoms with Crippen molar-refractivity contribution in [2.45, 2.75) is 33.2 Å². The minimum Gasteiger partial charge on any atom is -0.344 e. The fourth-order valence-corrected chi connectivity index (χ4v) is 2.44. The Morgan fingerprint density at radius 1 is 0.917 bits per heavy atom. The van der Waals surface area contributed by atoms with Gasteiger partial charge in [0.1, 0.15) is 5.82 Å². The molecule has 2 rings (SSSR count). The van der Waals surface area contributed by atoms with Crippen LogP contribution in [0.5, 0.6) is 0 Å². The maximum Gasteiger partial charge on any atom is 0.313 e. The van der Waals surface area contributed by atoms with Crippen molar-refractivity contribution >= 4 is 17.5 Å². The summed E-state index contributed by atoms with van der Waals surface area (Å²) >= 11 is 0. The third-order valence-electron chi connectivity index (χ3n) is 3.81. The van der Waals surface area contributed by atoms with E-state index in [9.17, 15) is 14.0 Å². The third-order valence-corrected chi connectivity index (χ3v) is 3.81. The van der Waals surface area contributed by atoms with E-state index in [1.165, 1.54) is 12.1 Å². The molecule has 0 atom stereocenters. The van der Waals surface area contributed by atoms with E-state index < -0.39 is 11.8 Å².